The average Bonchev–Trinajstić information content (AvgIpc) is 0.849. The predicted molar refractivity (Wildman–Crippen MR) is 362 cm³/mol. The number of carbonyl (C=O) groups excluding carboxylic acids is 2. The number of esters is 2. The Hall–Kier alpha value is -2.02. The minimum absolute atomic E-state index is 0.0106. The number of carbonyl (C=O) groups is 2. The Morgan fingerprint density at radius 2 is 0.320 bits per heavy atom. The second kappa shape index (κ2) is 84.6. The van der Waals surface area contributed by atoms with Crippen LogP contribution in [0.2, 0.25) is 0 Å². The molecule has 0 unspecified atom stereocenters. The van der Waals surface area contributed by atoms with Crippen LogP contribution in [0, 0.1) is 5.41 Å². The highest BCUT2D eigenvalue weighted by Gasteiger charge is 2.48. The van der Waals surface area contributed by atoms with Gasteiger partial charge in [-0.1, -0.05) is 90.9 Å². The third kappa shape index (κ3) is 73.5. The van der Waals surface area contributed by atoms with Crippen LogP contribution >= 0.6 is 0 Å². The van der Waals surface area contributed by atoms with Crippen LogP contribution in [-0.4, -0.2) is 343 Å². The number of hydrogen-bond donors (Lipinski definition) is 0. The lowest BCUT2D eigenvalue weighted by atomic mass is 9.77. The van der Waals surface area contributed by atoms with Crippen molar-refractivity contribution in [2.24, 2.45) is 5.41 Å². The quantitative estimate of drug-likeness (QED) is 0.0371. The summed E-state index contributed by atoms with van der Waals surface area (Å²) in [5.41, 5.74) is -1.40. The normalized spacial score (nSPS) is 11.8. The van der Waals surface area contributed by atoms with Crippen molar-refractivity contribution in [3.63, 3.8) is 0 Å². The lowest BCUT2D eigenvalue weighted by Gasteiger charge is -2.30. The zero-order valence-corrected chi connectivity index (χ0v) is 60.8. The van der Waals surface area contributed by atoms with E-state index in [1.54, 1.807) is 14.2 Å². The minimum atomic E-state index is -1.40. The van der Waals surface area contributed by atoms with Gasteiger partial charge in [0.05, 0.1) is 304 Å². The van der Waals surface area contributed by atoms with Crippen LogP contribution in [0.25, 0.3) is 0 Å². The van der Waals surface area contributed by atoms with Gasteiger partial charge in [0.15, 0.2) is 5.41 Å². The van der Waals surface area contributed by atoms with Crippen LogP contribution in [0.15, 0.2) is 0 Å². The molecular weight excluding hydrogens is 1280 g/mol. The average molecular weight is 1410 g/mol. The van der Waals surface area contributed by atoms with Crippen LogP contribution in [-0.2, 0) is 133 Å². The Labute approximate surface area is 583 Å². The van der Waals surface area contributed by atoms with Crippen molar-refractivity contribution in [2.45, 2.75) is 104 Å². The molecule has 28 nitrogen and oxygen atoms in total. The molecule has 0 aliphatic carbocycles. The standard InChI is InChI=1S/C69H136O28/c1-5-7-9-11-13-15-17-69(18-16-14-12-10-8-6-2,67(70)96-65-63-94-61-59-92-57-55-90-53-51-88-49-47-86-45-43-84-41-39-82-37-35-80-33-31-78-29-27-76-25-23-74-21-19-72-3)68(71)97-66-64-95-62-60-93-58-56-91-54-52-89-50-48-87-46-44-85-42-40-83-38-36-81-34-32-79-30-28-77-26-24-75-22-20-73-4/h5-66H2,1-4H3. The first-order valence-electron chi connectivity index (χ1n) is 36.1. The molecule has 97 heavy (non-hydrogen) atoms. The SMILES string of the molecule is CCCCCCCCC(CCCCCCCC)(C(=O)OCCOCCOCCOCCOCCOCCOCCOCCOCCOCCOCCOCCOC)C(=O)OCCOCCOCCOCCOCCOCCOCCOCCOCCOCCOCCOCCOC. The molecule has 28 heteroatoms. The highest BCUT2D eigenvalue weighted by molar-refractivity contribution is 6.00. The summed E-state index contributed by atoms with van der Waals surface area (Å²) >= 11 is 0. The Morgan fingerprint density at radius 3 is 0.474 bits per heavy atom. The minimum Gasteiger partial charge on any atom is -0.462 e. The van der Waals surface area contributed by atoms with Gasteiger partial charge < -0.3 is 123 Å². The highest BCUT2D eigenvalue weighted by Crippen LogP contribution is 2.36. The van der Waals surface area contributed by atoms with Crippen molar-refractivity contribution in [1.29, 1.82) is 0 Å². The molecule has 0 saturated carbocycles. The maximum atomic E-state index is 14.1. The van der Waals surface area contributed by atoms with Gasteiger partial charge in [-0.3, -0.25) is 9.59 Å². The number of hydrogen-bond acceptors (Lipinski definition) is 28. The number of unbranched alkanes of at least 4 members (excludes halogenated alkanes) is 10. The van der Waals surface area contributed by atoms with E-state index < -0.39 is 17.4 Å². The van der Waals surface area contributed by atoms with E-state index >= 15 is 0 Å². The van der Waals surface area contributed by atoms with Crippen LogP contribution < -0.4 is 0 Å². The molecular formula is C69H136O28. The first-order valence-corrected chi connectivity index (χ1v) is 36.1. The summed E-state index contributed by atoms with van der Waals surface area (Å²) in [4.78, 5) is 28.1. The Kier molecular flexibility index (Phi) is 82.9. The first kappa shape index (κ1) is 95.0. The second-order valence-corrected chi connectivity index (χ2v) is 21.8. The molecule has 0 spiro atoms. The maximum absolute atomic E-state index is 14.1. The number of ether oxygens (including phenoxy) is 26. The summed E-state index contributed by atoms with van der Waals surface area (Å²) in [5.74, 6) is -1.10. The summed E-state index contributed by atoms with van der Waals surface area (Å²) in [6.07, 6.45) is 13.0. The molecule has 0 fully saturated rings. The van der Waals surface area contributed by atoms with Crippen molar-refractivity contribution in [3.05, 3.63) is 0 Å². The van der Waals surface area contributed by atoms with Gasteiger partial charge in [-0.05, 0) is 12.8 Å². The molecule has 0 aromatic rings. The van der Waals surface area contributed by atoms with Gasteiger partial charge in [0.2, 0.25) is 0 Å². The van der Waals surface area contributed by atoms with Gasteiger partial charge in [-0.2, -0.15) is 0 Å². The third-order valence-electron chi connectivity index (χ3n) is 13.9. The number of rotatable bonds is 88. The molecule has 0 atom stereocenters. The van der Waals surface area contributed by atoms with Crippen molar-refractivity contribution >= 4 is 11.9 Å². The molecule has 0 aliphatic rings. The van der Waals surface area contributed by atoms with Gasteiger partial charge in [-0.25, -0.2) is 0 Å². The molecule has 0 saturated heterocycles. The smallest absolute Gasteiger partial charge is 0.323 e. The first-order chi connectivity index (χ1) is 48.1. The van der Waals surface area contributed by atoms with Crippen LogP contribution in [0.1, 0.15) is 104 Å². The topological polar surface area (TPSA) is 274 Å². The van der Waals surface area contributed by atoms with Gasteiger partial charge >= 0.3 is 11.9 Å². The summed E-state index contributed by atoms with van der Waals surface area (Å²) in [6, 6.07) is 0. The van der Waals surface area contributed by atoms with E-state index in [0.29, 0.717) is 304 Å². The Morgan fingerprint density at radius 1 is 0.186 bits per heavy atom. The Balaban J connectivity index is 4.11. The van der Waals surface area contributed by atoms with Crippen LogP contribution in [0.5, 0.6) is 0 Å². The molecule has 0 amide bonds. The van der Waals surface area contributed by atoms with Crippen molar-refractivity contribution in [1.82, 2.24) is 0 Å². The molecule has 0 heterocycles. The van der Waals surface area contributed by atoms with Crippen LogP contribution in [0.4, 0.5) is 0 Å². The Bertz CT molecular complexity index is 1390. The summed E-state index contributed by atoms with van der Waals surface area (Å²) in [7, 11) is 3.28. The van der Waals surface area contributed by atoms with Crippen molar-refractivity contribution in [2.75, 3.05) is 331 Å². The summed E-state index contributed by atoms with van der Waals surface area (Å²) < 4.78 is 143. The fourth-order valence-corrected chi connectivity index (χ4v) is 8.58. The van der Waals surface area contributed by atoms with E-state index in [-0.39, 0.29) is 26.4 Å². The molecule has 0 rings (SSSR count). The van der Waals surface area contributed by atoms with Crippen molar-refractivity contribution < 1.29 is 133 Å². The molecule has 0 aliphatic heterocycles. The summed E-state index contributed by atoms with van der Waals surface area (Å²) in [5, 5.41) is 0. The van der Waals surface area contributed by atoms with Gasteiger partial charge in [0.25, 0.3) is 0 Å². The molecule has 0 bridgehead atoms. The largest absolute Gasteiger partial charge is 0.462 e. The molecule has 0 aromatic carbocycles. The molecule has 0 N–H and O–H groups in total. The van der Waals surface area contributed by atoms with E-state index in [0.717, 1.165) is 77.0 Å². The zero-order valence-electron chi connectivity index (χ0n) is 60.8. The molecule has 0 aromatic heterocycles. The zero-order chi connectivity index (χ0) is 69.9. The van der Waals surface area contributed by atoms with Gasteiger partial charge in [0, 0.05) is 14.2 Å². The maximum Gasteiger partial charge on any atom is 0.323 e. The third-order valence-corrected chi connectivity index (χ3v) is 13.9. The van der Waals surface area contributed by atoms with Crippen molar-refractivity contribution in [3.8, 4) is 0 Å². The number of methoxy groups -OCH3 is 2. The van der Waals surface area contributed by atoms with E-state index in [4.69, 9.17) is 123 Å². The highest BCUT2D eigenvalue weighted by atomic mass is 16.6. The van der Waals surface area contributed by atoms with E-state index in [1.165, 1.54) is 0 Å². The lowest BCUT2D eigenvalue weighted by Crippen LogP contribution is -2.43. The second-order valence-electron chi connectivity index (χ2n) is 21.8. The monoisotopic (exact) mass is 1410 g/mol. The fourth-order valence-electron chi connectivity index (χ4n) is 8.58. The molecule has 580 valence electrons. The molecule has 0 radical (unpaired) electrons. The summed E-state index contributed by atoms with van der Waals surface area (Å²) in [6.45, 7) is 25.4. The van der Waals surface area contributed by atoms with Crippen LogP contribution in [0.3, 0.4) is 0 Å². The van der Waals surface area contributed by atoms with E-state index in [1.807, 2.05) is 0 Å². The predicted octanol–water partition coefficient (Wildman–Crippen LogP) is 6.22. The van der Waals surface area contributed by atoms with Gasteiger partial charge in [-0.15, -0.1) is 0 Å². The lowest BCUT2D eigenvalue weighted by molar-refractivity contribution is -0.176. The van der Waals surface area contributed by atoms with E-state index in [2.05, 4.69) is 13.8 Å². The van der Waals surface area contributed by atoms with Gasteiger partial charge in [0.1, 0.15) is 13.2 Å². The van der Waals surface area contributed by atoms with E-state index in [9.17, 15) is 9.59 Å². The fraction of sp³-hybridized carbons (Fsp3) is 0.971.